The normalized spacial score (nSPS) is 11.9. The van der Waals surface area contributed by atoms with E-state index in [2.05, 4.69) is 5.32 Å². The van der Waals surface area contributed by atoms with Gasteiger partial charge in [0.05, 0.1) is 17.5 Å². The van der Waals surface area contributed by atoms with Crippen molar-refractivity contribution >= 4 is 23.2 Å². The van der Waals surface area contributed by atoms with Crippen molar-refractivity contribution in [2.45, 2.75) is 13.0 Å². The molecule has 0 aromatic heterocycles. The lowest BCUT2D eigenvalue weighted by Gasteiger charge is -2.24. The lowest BCUT2D eigenvalue weighted by Crippen LogP contribution is -2.44. The minimum Gasteiger partial charge on any atom is -0.348 e. The van der Waals surface area contributed by atoms with Crippen LogP contribution in [0, 0.1) is 10.1 Å². The fraction of sp³-hybridized carbons (Fsp3) is 0.429. The Hall–Kier alpha value is -2.48. The molecule has 1 unspecified atom stereocenters. The van der Waals surface area contributed by atoms with Crippen molar-refractivity contribution in [2.24, 2.45) is 0 Å². The van der Waals surface area contributed by atoms with Crippen LogP contribution in [0.4, 0.5) is 11.4 Å². The number of nitrogens with zero attached hydrogens (tertiary/aromatic N) is 3. The Morgan fingerprint density at radius 3 is 2.23 bits per heavy atom. The van der Waals surface area contributed by atoms with Crippen LogP contribution < -0.4 is 5.32 Å². The van der Waals surface area contributed by atoms with E-state index in [9.17, 15) is 19.7 Å². The van der Waals surface area contributed by atoms with E-state index in [0.29, 0.717) is 5.69 Å². The van der Waals surface area contributed by atoms with Gasteiger partial charge in [0.15, 0.2) is 0 Å². The SMILES string of the molecule is CC(C(=O)Nc1ccc([N+](=O)[O-])cc1)N(C)CC(=O)N(C)C. The van der Waals surface area contributed by atoms with E-state index in [4.69, 9.17) is 0 Å². The molecule has 2 amide bonds. The summed E-state index contributed by atoms with van der Waals surface area (Å²) in [4.78, 5) is 36.9. The maximum atomic E-state index is 12.1. The fourth-order valence-electron chi connectivity index (χ4n) is 1.61. The quantitative estimate of drug-likeness (QED) is 0.623. The van der Waals surface area contributed by atoms with Gasteiger partial charge in [0.2, 0.25) is 11.8 Å². The first-order valence-corrected chi connectivity index (χ1v) is 6.68. The van der Waals surface area contributed by atoms with Crippen LogP contribution in [0.2, 0.25) is 0 Å². The molecule has 1 rings (SSSR count). The van der Waals surface area contributed by atoms with E-state index in [1.807, 2.05) is 0 Å². The summed E-state index contributed by atoms with van der Waals surface area (Å²) < 4.78 is 0. The maximum Gasteiger partial charge on any atom is 0.269 e. The Balaban J connectivity index is 2.63. The van der Waals surface area contributed by atoms with Crippen LogP contribution in [0.15, 0.2) is 24.3 Å². The number of carbonyl (C=O) groups excluding carboxylic acids is 2. The van der Waals surface area contributed by atoms with E-state index in [0.717, 1.165) is 0 Å². The van der Waals surface area contributed by atoms with Crippen LogP contribution in [0.1, 0.15) is 6.92 Å². The smallest absolute Gasteiger partial charge is 0.269 e. The van der Waals surface area contributed by atoms with Gasteiger partial charge in [0, 0.05) is 31.9 Å². The molecule has 8 heteroatoms. The van der Waals surface area contributed by atoms with Crippen molar-refractivity contribution in [1.29, 1.82) is 0 Å². The number of hydrogen-bond acceptors (Lipinski definition) is 5. The molecule has 0 aliphatic rings. The number of benzene rings is 1. The summed E-state index contributed by atoms with van der Waals surface area (Å²) in [6.45, 7) is 1.81. The zero-order chi connectivity index (χ0) is 16.9. The summed E-state index contributed by atoms with van der Waals surface area (Å²) in [7, 11) is 4.98. The molecule has 0 radical (unpaired) electrons. The summed E-state index contributed by atoms with van der Waals surface area (Å²) >= 11 is 0. The van der Waals surface area contributed by atoms with Crippen LogP contribution in [-0.4, -0.2) is 60.3 Å². The molecule has 0 bridgehead atoms. The van der Waals surface area contributed by atoms with Crippen molar-refractivity contribution in [3.8, 4) is 0 Å². The average Bonchev–Trinajstić information content (AvgIpc) is 2.46. The third-order valence-electron chi connectivity index (χ3n) is 3.27. The van der Waals surface area contributed by atoms with Gasteiger partial charge in [-0.3, -0.25) is 24.6 Å². The molecular weight excluding hydrogens is 288 g/mol. The number of hydrogen-bond donors (Lipinski definition) is 1. The van der Waals surface area contributed by atoms with Gasteiger partial charge in [-0.15, -0.1) is 0 Å². The number of amides is 2. The van der Waals surface area contributed by atoms with Crippen LogP contribution in [0.25, 0.3) is 0 Å². The molecule has 1 atom stereocenters. The van der Waals surface area contributed by atoms with Crippen LogP contribution in [0.3, 0.4) is 0 Å². The number of rotatable bonds is 6. The molecule has 1 aromatic rings. The van der Waals surface area contributed by atoms with Gasteiger partial charge in [0.25, 0.3) is 5.69 Å². The molecule has 0 saturated heterocycles. The maximum absolute atomic E-state index is 12.1. The topological polar surface area (TPSA) is 95.8 Å². The molecule has 0 fully saturated rings. The summed E-state index contributed by atoms with van der Waals surface area (Å²) in [6.07, 6.45) is 0. The Morgan fingerprint density at radius 1 is 1.23 bits per heavy atom. The standard InChI is InChI=1S/C14H20N4O4/c1-10(17(4)9-13(19)16(2)3)14(20)15-11-5-7-12(8-6-11)18(21)22/h5-8,10H,9H2,1-4H3,(H,15,20). The number of likely N-dealkylation sites (N-methyl/N-ethyl adjacent to an activating group) is 2. The number of nitro groups is 1. The second-order valence-corrected chi connectivity index (χ2v) is 5.17. The van der Waals surface area contributed by atoms with Crippen molar-refractivity contribution in [3.63, 3.8) is 0 Å². The van der Waals surface area contributed by atoms with E-state index in [-0.39, 0.29) is 24.0 Å². The van der Waals surface area contributed by atoms with Gasteiger partial charge in [0.1, 0.15) is 0 Å². The van der Waals surface area contributed by atoms with E-state index in [1.54, 1.807) is 33.0 Å². The minimum absolute atomic E-state index is 0.0419. The molecule has 1 N–H and O–H groups in total. The van der Waals surface area contributed by atoms with Gasteiger partial charge in [-0.1, -0.05) is 0 Å². The summed E-state index contributed by atoms with van der Waals surface area (Å²) in [5.74, 6) is -0.389. The monoisotopic (exact) mass is 308 g/mol. The molecule has 120 valence electrons. The first-order valence-electron chi connectivity index (χ1n) is 6.68. The highest BCUT2D eigenvalue weighted by atomic mass is 16.6. The second-order valence-electron chi connectivity index (χ2n) is 5.17. The Bertz CT molecular complexity index is 556. The van der Waals surface area contributed by atoms with Crippen molar-refractivity contribution < 1.29 is 14.5 Å². The molecule has 0 heterocycles. The first kappa shape index (κ1) is 17.6. The van der Waals surface area contributed by atoms with Crippen LogP contribution in [0.5, 0.6) is 0 Å². The summed E-state index contributed by atoms with van der Waals surface area (Å²) in [5.41, 5.74) is 0.425. The first-order chi connectivity index (χ1) is 10.2. The minimum atomic E-state index is -0.515. The van der Waals surface area contributed by atoms with Gasteiger partial charge in [-0.2, -0.15) is 0 Å². The second kappa shape index (κ2) is 7.51. The highest BCUT2D eigenvalue weighted by Gasteiger charge is 2.21. The number of anilines is 1. The van der Waals surface area contributed by atoms with Crippen LogP contribution >= 0.6 is 0 Å². The van der Waals surface area contributed by atoms with Crippen molar-refractivity contribution in [1.82, 2.24) is 9.80 Å². The van der Waals surface area contributed by atoms with Crippen LogP contribution in [-0.2, 0) is 9.59 Å². The Morgan fingerprint density at radius 2 is 1.77 bits per heavy atom. The zero-order valence-corrected chi connectivity index (χ0v) is 13.1. The molecule has 0 aliphatic heterocycles. The van der Waals surface area contributed by atoms with Crippen molar-refractivity contribution in [3.05, 3.63) is 34.4 Å². The van der Waals surface area contributed by atoms with Crippen molar-refractivity contribution in [2.75, 3.05) is 33.0 Å². The number of non-ortho nitro benzene ring substituents is 1. The molecule has 0 saturated carbocycles. The summed E-state index contributed by atoms with van der Waals surface area (Å²) in [6, 6.07) is 5.06. The lowest BCUT2D eigenvalue weighted by atomic mass is 10.2. The summed E-state index contributed by atoms with van der Waals surface area (Å²) in [5, 5.41) is 13.2. The molecule has 22 heavy (non-hydrogen) atoms. The average molecular weight is 308 g/mol. The molecule has 0 aliphatic carbocycles. The third-order valence-corrected chi connectivity index (χ3v) is 3.27. The van der Waals surface area contributed by atoms with Gasteiger partial charge >= 0.3 is 0 Å². The molecular formula is C14H20N4O4. The van der Waals surface area contributed by atoms with E-state index >= 15 is 0 Å². The van der Waals surface area contributed by atoms with E-state index < -0.39 is 11.0 Å². The lowest BCUT2D eigenvalue weighted by molar-refractivity contribution is -0.384. The zero-order valence-electron chi connectivity index (χ0n) is 13.1. The molecule has 0 spiro atoms. The Labute approximate surface area is 128 Å². The van der Waals surface area contributed by atoms with Gasteiger partial charge in [-0.05, 0) is 26.1 Å². The van der Waals surface area contributed by atoms with Gasteiger partial charge in [-0.25, -0.2) is 0 Å². The van der Waals surface area contributed by atoms with Gasteiger partial charge < -0.3 is 10.2 Å². The largest absolute Gasteiger partial charge is 0.348 e. The predicted molar refractivity (Wildman–Crippen MR) is 82.5 cm³/mol. The predicted octanol–water partition coefficient (Wildman–Crippen LogP) is 0.942. The fourth-order valence-corrected chi connectivity index (χ4v) is 1.61. The number of carbonyl (C=O) groups is 2. The number of nitrogens with one attached hydrogen (secondary N) is 1. The molecule has 1 aromatic carbocycles. The molecule has 8 nitrogen and oxygen atoms in total. The van der Waals surface area contributed by atoms with E-state index in [1.165, 1.54) is 29.2 Å². The number of nitro benzene ring substituents is 1. The highest BCUT2D eigenvalue weighted by Crippen LogP contribution is 2.15. The highest BCUT2D eigenvalue weighted by molar-refractivity contribution is 5.95. The Kier molecular flexibility index (Phi) is 6.00. The third kappa shape index (κ3) is 4.81.